The van der Waals surface area contributed by atoms with Crippen molar-refractivity contribution in [1.29, 1.82) is 0 Å². The van der Waals surface area contributed by atoms with Gasteiger partial charge < -0.3 is 9.80 Å². The summed E-state index contributed by atoms with van der Waals surface area (Å²) in [5.41, 5.74) is 1.74. The fourth-order valence-corrected chi connectivity index (χ4v) is 3.17. The van der Waals surface area contributed by atoms with Crippen molar-refractivity contribution in [2.24, 2.45) is 5.92 Å². The Hall–Kier alpha value is -2.83. The number of pyridine rings is 1. The minimum Gasteiger partial charge on any atom is -0.347 e. The monoisotopic (exact) mass is 353 g/mol. The quantitative estimate of drug-likeness (QED) is 0.782. The van der Waals surface area contributed by atoms with Gasteiger partial charge in [0.05, 0.1) is 11.3 Å². The number of rotatable bonds is 4. The molecule has 1 amide bonds. The van der Waals surface area contributed by atoms with Crippen LogP contribution in [-0.2, 0) is 0 Å². The molecule has 1 saturated heterocycles. The van der Waals surface area contributed by atoms with Crippen molar-refractivity contribution >= 4 is 17.6 Å². The van der Waals surface area contributed by atoms with Crippen molar-refractivity contribution in [3.8, 4) is 0 Å². The molecule has 0 aliphatic carbocycles. The third-order valence-electron chi connectivity index (χ3n) is 4.62. The Morgan fingerprint density at radius 3 is 2.73 bits per heavy atom. The topological polar surface area (TPSA) is 79.3 Å². The smallest absolute Gasteiger partial charge is 0.257 e. The molecule has 3 rings (SSSR count). The molecule has 7 nitrogen and oxygen atoms in total. The van der Waals surface area contributed by atoms with Gasteiger partial charge in [-0.05, 0) is 31.9 Å². The number of carbonyl (C=O) groups is 2. The van der Waals surface area contributed by atoms with E-state index in [0.717, 1.165) is 12.8 Å². The highest BCUT2D eigenvalue weighted by Crippen LogP contribution is 2.23. The zero-order valence-electron chi connectivity index (χ0n) is 15.3. The van der Waals surface area contributed by atoms with Crippen molar-refractivity contribution in [1.82, 2.24) is 19.9 Å². The van der Waals surface area contributed by atoms with Crippen LogP contribution >= 0.6 is 0 Å². The zero-order chi connectivity index (χ0) is 18.7. The SMILES string of the molecule is Cc1nc(N(C)C)ncc1C(=O)N1CCCC(C(=O)c2cccnc2)C1. The van der Waals surface area contributed by atoms with Crippen LogP contribution in [0.2, 0.25) is 0 Å². The molecule has 0 bridgehead atoms. The third-order valence-corrected chi connectivity index (χ3v) is 4.62. The van der Waals surface area contributed by atoms with Gasteiger partial charge in [-0.15, -0.1) is 0 Å². The van der Waals surface area contributed by atoms with Crippen LogP contribution in [0.5, 0.6) is 0 Å². The third kappa shape index (κ3) is 3.71. The van der Waals surface area contributed by atoms with Crippen LogP contribution in [0.3, 0.4) is 0 Å². The maximum Gasteiger partial charge on any atom is 0.257 e. The van der Waals surface area contributed by atoms with Crippen molar-refractivity contribution in [2.45, 2.75) is 19.8 Å². The molecule has 26 heavy (non-hydrogen) atoms. The molecule has 2 aromatic heterocycles. The number of aromatic nitrogens is 3. The van der Waals surface area contributed by atoms with E-state index in [0.29, 0.717) is 35.9 Å². The summed E-state index contributed by atoms with van der Waals surface area (Å²) in [6.07, 6.45) is 6.39. The fraction of sp³-hybridized carbons (Fsp3) is 0.421. The first-order chi connectivity index (χ1) is 12.5. The Labute approximate surface area is 153 Å². The second-order valence-corrected chi connectivity index (χ2v) is 6.76. The number of aryl methyl sites for hydroxylation is 1. The average molecular weight is 353 g/mol. The summed E-state index contributed by atoms with van der Waals surface area (Å²) >= 11 is 0. The Morgan fingerprint density at radius 2 is 2.08 bits per heavy atom. The lowest BCUT2D eigenvalue weighted by Gasteiger charge is -2.32. The summed E-state index contributed by atoms with van der Waals surface area (Å²) in [7, 11) is 3.71. The first-order valence-corrected chi connectivity index (χ1v) is 8.72. The summed E-state index contributed by atoms with van der Waals surface area (Å²) in [6, 6.07) is 3.53. The number of ketones is 1. The van der Waals surface area contributed by atoms with Gasteiger partial charge in [0.15, 0.2) is 5.78 Å². The van der Waals surface area contributed by atoms with E-state index in [2.05, 4.69) is 15.0 Å². The second kappa shape index (κ2) is 7.59. The summed E-state index contributed by atoms with van der Waals surface area (Å²) in [4.78, 5) is 41.8. The van der Waals surface area contributed by atoms with E-state index in [4.69, 9.17) is 0 Å². The largest absolute Gasteiger partial charge is 0.347 e. The Bertz CT molecular complexity index is 807. The molecule has 136 valence electrons. The molecule has 3 heterocycles. The van der Waals surface area contributed by atoms with E-state index < -0.39 is 0 Å². The van der Waals surface area contributed by atoms with Crippen molar-refractivity contribution < 1.29 is 9.59 Å². The van der Waals surface area contributed by atoms with Gasteiger partial charge in [0.1, 0.15) is 0 Å². The number of anilines is 1. The second-order valence-electron chi connectivity index (χ2n) is 6.76. The fourth-order valence-electron chi connectivity index (χ4n) is 3.17. The summed E-state index contributed by atoms with van der Waals surface area (Å²) in [6.45, 7) is 2.87. The predicted molar refractivity (Wildman–Crippen MR) is 98.3 cm³/mol. The van der Waals surface area contributed by atoms with Crippen LogP contribution in [0, 0.1) is 12.8 Å². The molecule has 0 aromatic carbocycles. The minimum atomic E-state index is -0.195. The number of carbonyl (C=O) groups excluding carboxylic acids is 2. The van der Waals surface area contributed by atoms with E-state index in [1.165, 1.54) is 0 Å². The van der Waals surface area contributed by atoms with E-state index >= 15 is 0 Å². The highest BCUT2D eigenvalue weighted by molar-refractivity contribution is 5.99. The van der Waals surface area contributed by atoms with E-state index in [1.54, 1.807) is 40.5 Å². The number of likely N-dealkylation sites (tertiary alicyclic amines) is 1. The summed E-state index contributed by atoms with van der Waals surface area (Å²) in [5, 5.41) is 0. The Morgan fingerprint density at radius 1 is 1.27 bits per heavy atom. The van der Waals surface area contributed by atoms with Gasteiger partial charge in [-0.2, -0.15) is 0 Å². The summed E-state index contributed by atoms with van der Waals surface area (Å²) in [5.74, 6) is 0.310. The lowest BCUT2D eigenvalue weighted by Crippen LogP contribution is -2.42. The van der Waals surface area contributed by atoms with Gasteiger partial charge in [-0.25, -0.2) is 9.97 Å². The van der Waals surface area contributed by atoms with E-state index in [9.17, 15) is 9.59 Å². The molecule has 0 spiro atoms. The van der Waals surface area contributed by atoms with Crippen LogP contribution in [0.1, 0.15) is 39.3 Å². The molecule has 2 aromatic rings. The van der Waals surface area contributed by atoms with Gasteiger partial charge >= 0.3 is 0 Å². The predicted octanol–water partition coefficient (Wildman–Crippen LogP) is 1.98. The molecule has 1 atom stereocenters. The van der Waals surface area contributed by atoms with Crippen molar-refractivity contribution in [3.05, 3.63) is 47.5 Å². The average Bonchev–Trinajstić information content (AvgIpc) is 2.67. The first kappa shape index (κ1) is 18.0. The maximum absolute atomic E-state index is 12.9. The Balaban J connectivity index is 1.75. The number of hydrogen-bond donors (Lipinski definition) is 0. The van der Waals surface area contributed by atoms with Crippen LogP contribution in [0.25, 0.3) is 0 Å². The molecule has 1 aliphatic heterocycles. The Kier molecular flexibility index (Phi) is 5.25. The molecule has 1 unspecified atom stereocenters. The lowest BCUT2D eigenvalue weighted by atomic mass is 9.90. The highest BCUT2D eigenvalue weighted by Gasteiger charge is 2.30. The number of piperidine rings is 1. The van der Waals surface area contributed by atoms with E-state index in [1.807, 2.05) is 21.0 Å². The normalized spacial score (nSPS) is 17.0. The van der Waals surface area contributed by atoms with Crippen LogP contribution in [0.15, 0.2) is 30.7 Å². The standard InChI is InChI=1S/C19H23N5O2/c1-13-16(11-21-19(22-13)23(2)3)18(26)24-9-5-7-15(12-24)17(25)14-6-4-8-20-10-14/h4,6,8,10-11,15H,5,7,9,12H2,1-3H3. The molecule has 1 fully saturated rings. The van der Waals surface area contributed by atoms with Gasteiger partial charge in [-0.3, -0.25) is 14.6 Å². The molecule has 0 N–H and O–H groups in total. The van der Waals surface area contributed by atoms with E-state index in [-0.39, 0.29) is 17.6 Å². The molecule has 0 saturated carbocycles. The van der Waals surface area contributed by atoms with Crippen LogP contribution in [0.4, 0.5) is 5.95 Å². The molecular formula is C19H23N5O2. The van der Waals surface area contributed by atoms with Crippen molar-refractivity contribution in [2.75, 3.05) is 32.1 Å². The van der Waals surface area contributed by atoms with Gasteiger partial charge in [0.2, 0.25) is 5.95 Å². The van der Waals surface area contributed by atoms with Gasteiger partial charge in [0, 0.05) is 57.3 Å². The molecule has 1 aliphatic rings. The van der Waals surface area contributed by atoms with Gasteiger partial charge in [-0.1, -0.05) is 0 Å². The number of hydrogen-bond acceptors (Lipinski definition) is 6. The minimum absolute atomic E-state index is 0.0477. The molecule has 0 radical (unpaired) electrons. The number of nitrogens with zero attached hydrogens (tertiary/aromatic N) is 5. The van der Waals surface area contributed by atoms with Gasteiger partial charge in [0.25, 0.3) is 5.91 Å². The molecule has 7 heteroatoms. The van der Waals surface area contributed by atoms with Crippen LogP contribution in [-0.4, -0.2) is 58.7 Å². The van der Waals surface area contributed by atoms with Crippen LogP contribution < -0.4 is 4.90 Å². The lowest BCUT2D eigenvalue weighted by molar-refractivity contribution is 0.0635. The van der Waals surface area contributed by atoms with Crippen molar-refractivity contribution in [3.63, 3.8) is 0 Å². The first-order valence-electron chi connectivity index (χ1n) is 8.72. The highest BCUT2D eigenvalue weighted by atomic mass is 16.2. The summed E-state index contributed by atoms with van der Waals surface area (Å²) < 4.78 is 0. The molecular weight excluding hydrogens is 330 g/mol. The zero-order valence-corrected chi connectivity index (χ0v) is 15.3. The maximum atomic E-state index is 12.9. The number of Topliss-reactive ketones (excluding diaryl/α,β-unsaturated/α-hetero) is 1. The number of amides is 1.